The number of para-hydroxylation sites is 1. The molecular formula is C29H33N3O2. The lowest BCUT2D eigenvalue weighted by atomic mass is 9.95. The number of rotatable bonds is 5. The number of benzene rings is 2. The van der Waals surface area contributed by atoms with E-state index in [-0.39, 0.29) is 0 Å². The number of H-pyrrole nitrogens is 1. The van der Waals surface area contributed by atoms with Crippen LogP contribution in [-0.2, 0) is 4.79 Å². The molecule has 1 amide bonds. The van der Waals surface area contributed by atoms with Crippen molar-refractivity contribution in [2.75, 3.05) is 20.2 Å². The number of pyridine rings is 1. The van der Waals surface area contributed by atoms with Crippen LogP contribution in [0.1, 0.15) is 31.7 Å². The van der Waals surface area contributed by atoms with Gasteiger partial charge in [-0.15, -0.1) is 0 Å². The number of fused-ring (bicyclic) bond motifs is 1. The van der Waals surface area contributed by atoms with Gasteiger partial charge in [0.1, 0.15) is 11.4 Å². The Balaban J connectivity index is 0.000000231. The molecule has 0 aliphatic carbocycles. The minimum atomic E-state index is 0.861. The summed E-state index contributed by atoms with van der Waals surface area (Å²) in [5.74, 6) is 1.73. The van der Waals surface area contributed by atoms with Gasteiger partial charge in [0.05, 0.1) is 7.11 Å². The molecule has 1 saturated heterocycles. The van der Waals surface area contributed by atoms with E-state index < -0.39 is 0 Å². The number of nitrogens with zero attached hydrogens (tertiary/aromatic N) is 2. The second kappa shape index (κ2) is 11.0. The van der Waals surface area contributed by atoms with Crippen LogP contribution in [0.5, 0.6) is 5.75 Å². The molecule has 5 rings (SSSR count). The Bertz CT molecular complexity index is 1240. The van der Waals surface area contributed by atoms with E-state index in [9.17, 15) is 4.79 Å². The SMILES string of the molecule is CCC1CCN(C=O)CC1.COc1ccccc1-c1c[nH]c2ncc(-c3cccc(C)c3)cc12. The predicted octanol–water partition coefficient (Wildman–Crippen LogP) is 6.48. The van der Waals surface area contributed by atoms with Crippen molar-refractivity contribution in [1.29, 1.82) is 0 Å². The molecule has 0 bridgehead atoms. The smallest absolute Gasteiger partial charge is 0.209 e. The van der Waals surface area contributed by atoms with E-state index in [2.05, 4.69) is 60.2 Å². The van der Waals surface area contributed by atoms with Crippen molar-refractivity contribution in [3.8, 4) is 28.0 Å². The van der Waals surface area contributed by atoms with Crippen LogP contribution < -0.4 is 4.74 Å². The van der Waals surface area contributed by atoms with Crippen LogP contribution in [0.25, 0.3) is 33.3 Å². The van der Waals surface area contributed by atoms with Crippen molar-refractivity contribution in [1.82, 2.24) is 14.9 Å². The normalized spacial score (nSPS) is 13.9. The molecular weight excluding hydrogens is 422 g/mol. The van der Waals surface area contributed by atoms with Crippen LogP contribution >= 0.6 is 0 Å². The lowest BCUT2D eigenvalue weighted by molar-refractivity contribution is -0.119. The Morgan fingerprint density at radius 2 is 1.85 bits per heavy atom. The van der Waals surface area contributed by atoms with Crippen molar-refractivity contribution >= 4 is 17.4 Å². The highest BCUT2D eigenvalue weighted by Crippen LogP contribution is 2.36. The molecule has 2 aromatic heterocycles. The number of methoxy groups -OCH3 is 1. The third-order valence-electron chi connectivity index (χ3n) is 6.66. The maximum Gasteiger partial charge on any atom is 0.209 e. The molecule has 1 fully saturated rings. The van der Waals surface area contributed by atoms with Gasteiger partial charge in [-0.25, -0.2) is 4.98 Å². The first kappa shape index (κ1) is 23.6. The first-order valence-corrected chi connectivity index (χ1v) is 12.0. The van der Waals surface area contributed by atoms with Gasteiger partial charge in [-0.3, -0.25) is 4.79 Å². The van der Waals surface area contributed by atoms with Crippen LogP contribution in [0, 0.1) is 12.8 Å². The van der Waals surface area contributed by atoms with E-state index in [1.165, 1.54) is 30.4 Å². The standard InChI is InChI=1S/C21H18N2O.C8H15NO/c1-14-6-5-7-15(10-14)16-11-18-19(13-23-21(18)22-12-16)17-8-3-4-9-20(17)24-2;1-2-8-3-5-9(7-10)6-4-8/h3-13H,1-2H3,(H,22,23);7-8H,2-6H2,1H3. The van der Waals surface area contributed by atoms with E-state index in [1.807, 2.05) is 35.5 Å². The van der Waals surface area contributed by atoms with Gasteiger partial charge in [0.15, 0.2) is 0 Å². The van der Waals surface area contributed by atoms with Gasteiger partial charge in [-0.1, -0.05) is 61.4 Å². The summed E-state index contributed by atoms with van der Waals surface area (Å²) in [6.45, 7) is 6.28. The molecule has 176 valence electrons. The van der Waals surface area contributed by atoms with Crippen molar-refractivity contribution in [3.05, 3.63) is 72.6 Å². The molecule has 0 unspecified atom stereocenters. The summed E-state index contributed by atoms with van der Waals surface area (Å²) in [7, 11) is 1.70. The maximum atomic E-state index is 10.3. The zero-order chi connectivity index (χ0) is 23.9. The molecule has 1 aliphatic rings. The Morgan fingerprint density at radius 1 is 1.06 bits per heavy atom. The summed E-state index contributed by atoms with van der Waals surface area (Å²) in [5, 5.41) is 1.10. The van der Waals surface area contributed by atoms with Gasteiger partial charge in [-0.05, 0) is 43.4 Å². The van der Waals surface area contributed by atoms with E-state index >= 15 is 0 Å². The fourth-order valence-electron chi connectivity index (χ4n) is 4.54. The van der Waals surface area contributed by atoms with Crippen LogP contribution in [0.2, 0.25) is 0 Å². The van der Waals surface area contributed by atoms with Gasteiger partial charge in [0.25, 0.3) is 0 Å². The molecule has 1 N–H and O–H groups in total. The number of hydrogen-bond acceptors (Lipinski definition) is 3. The molecule has 0 spiro atoms. The molecule has 0 saturated carbocycles. The van der Waals surface area contributed by atoms with Gasteiger partial charge >= 0.3 is 0 Å². The largest absolute Gasteiger partial charge is 0.496 e. The molecule has 5 heteroatoms. The molecule has 5 nitrogen and oxygen atoms in total. The summed E-state index contributed by atoms with van der Waals surface area (Å²) in [4.78, 5) is 20.0. The molecule has 2 aromatic carbocycles. The maximum absolute atomic E-state index is 10.3. The number of ether oxygens (including phenoxy) is 1. The predicted molar refractivity (Wildman–Crippen MR) is 139 cm³/mol. The summed E-state index contributed by atoms with van der Waals surface area (Å²) >= 11 is 0. The molecule has 34 heavy (non-hydrogen) atoms. The minimum Gasteiger partial charge on any atom is -0.496 e. The average molecular weight is 456 g/mol. The van der Waals surface area contributed by atoms with E-state index in [4.69, 9.17) is 4.74 Å². The first-order valence-electron chi connectivity index (χ1n) is 12.0. The number of likely N-dealkylation sites (tertiary alicyclic amines) is 1. The minimum absolute atomic E-state index is 0.861. The third-order valence-corrected chi connectivity index (χ3v) is 6.66. The van der Waals surface area contributed by atoms with Gasteiger partial charge in [0, 0.05) is 47.6 Å². The summed E-state index contributed by atoms with van der Waals surface area (Å²) in [6.07, 6.45) is 8.55. The highest BCUT2D eigenvalue weighted by molar-refractivity contribution is 5.97. The molecule has 1 aliphatic heterocycles. The fourth-order valence-corrected chi connectivity index (χ4v) is 4.54. The number of piperidine rings is 1. The summed E-state index contributed by atoms with van der Waals surface area (Å²) in [6, 6.07) is 18.7. The van der Waals surface area contributed by atoms with Gasteiger partial charge < -0.3 is 14.6 Å². The van der Waals surface area contributed by atoms with Crippen molar-refractivity contribution in [2.24, 2.45) is 5.92 Å². The van der Waals surface area contributed by atoms with Gasteiger partial charge in [-0.2, -0.15) is 0 Å². The fraction of sp³-hybridized carbons (Fsp3) is 0.310. The van der Waals surface area contributed by atoms with Crippen LogP contribution in [0.3, 0.4) is 0 Å². The van der Waals surface area contributed by atoms with E-state index in [0.717, 1.165) is 58.9 Å². The second-order valence-corrected chi connectivity index (χ2v) is 8.89. The summed E-state index contributed by atoms with van der Waals surface area (Å²) in [5.41, 5.74) is 6.58. The Kier molecular flexibility index (Phi) is 7.63. The Labute approximate surface area is 201 Å². The monoisotopic (exact) mass is 455 g/mol. The highest BCUT2D eigenvalue weighted by atomic mass is 16.5. The highest BCUT2D eigenvalue weighted by Gasteiger charge is 2.15. The lowest BCUT2D eigenvalue weighted by Gasteiger charge is -2.28. The first-order chi connectivity index (χ1) is 16.6. The molecule has 3 heterocycles. The van der Waals surface area contributed by atoms with Crippen LogP contribution in [0.4, 0.5) is 0 Å². The van der Waals surface area contributed by atoms with Crippen molar-refractivity contribution in [3.63, 3.8) is 0 Å². The van der Waals surface area contributed by atoms with E-state index in [1.54, 1.807) is 7.11 Å². The van der Waals surface area contributed by atoms with Crippen molar-refractivity contribution < 1.29 is 9.53 Å². The number of aryl methyl sites for hydroxylation is 1. The third kappa shape index (κ3) is 5.30. The number of aromatic amines is 1. The molecule has 0 radical (unpaired) electrons. The second-order valence-electron chi connectivity index (χ2n) is 8.89. The number of carbonyl (C=O) groups excluding carboxylic acids is 1. The number of amides is 1. The number of aromatic nitrogens is 2. The molecule has 4 aromatic rings. The topological polar surface area (TPSA) is 58.2 Å². The number of nitrogens with one attached hydrogen (secondary N) is 1. The summed E-state index contributed by atoms with van der Waals surface area (Å²) < 4.78 is 5.51. The number of hydrogen-bond donors (Lipinski definition) is 1. The van der Waals surface area contributed by atoms with Crippen molar-refractivity contribution in [2.45, 2.75) is 33.1 Å². The Hall–Kier alpha value is -3.60. The molecule has 0 atom stereocenters. The van der Waals surface area contributed by atoms with Gasteiger partial charge in [0.2, 0.25) is 6.41 Å². The number of carbonyl (C=O) groups is 1. The van der Waals surface area contributed by atoms with E-state index in [0.29, 0.717) is 0 Å². The lowest BCUT2D eigenvalue weighted by Crippen LogP contribution is -2.32. The zero-order valence-electron chi connectivity index (χ0n) is 20.3. The van der Waals surface area contributed by atoms with Crippen LogP contribution in [-0.4, -0.2) is 41.5 Å². The van der Waals surface area contributed by atoms with Crippen LogP contribution in [0.15, 0.2) is 67.0 Å². The quantitative estimate of drug-likeness (QED) is 0.351. The Morgan fingerprint density at radius 3 is 2.56 bits per heavy atom. The zero-order valence-corrected chi connectivity index (χ0v) is 20.3. The average Bonchev–Trinajstić information content (AvgIpc) is 3.32.